The van der Waals surface area contributed by atoms with Gasteiger partial charge in [0, 0.05) is 17.7 Å². The second kappa shape index (κ2) is 8.35. The number of aromatic nitrogens is 1. The second-order valence-electron chi connectivity index (χ2n) is 5.48. The molecule has 0 spiro atoms. The average molecular weight is 282 g/mol. The van der Waals surface area contributed by atoms with Gasteiger partial charge in [-0.2, -0.15) is 4.57 Å². The van der Waals surface area contributed by atoms with E-state index in [9.17, 15) is 4.79 Å². The fraction of sp³-hybridized carbons (Fsp3) is 0.368. The van der Waals surface area contributed by atoms with E-state index in [1.165, 1.54) is 31.2 Å². The molecule has 110 valence electrons. The molecule has 0 radical (unpaired) electrons. The van der Waals surface area contributed by atoms with Crippen molar-refractivity contribution in [2.45, 2.75) is 45.6 Å². The molecule has 0 bridgehead atoms. The molecule has 0 N–H and O–H groups in total. The van der Waals surface area contributed by atoms with Crippen LogP contribution in [0.25, 0.3) is 0 Å². The van der Waals surface area contributed by atoms with Gasteiger partial charge in [-0.05, 0) is 18.4 Å². The Balaban J connectivity index is 1.86. The van der Waals surface area contributed by atoms with E-state index in [1.54, 1.807) is 0 Å². The van der Waals surface area contributed by atoms with Gasteiger partial charge in [-0.25, -0.2) is 0 Å². The third-order valence-corrected chi connectivity index (χ3v) is 3.70. The molecule has 0 saturated heterocycles. The van der Waals surface area contributed by atoms with Gasteiger partial charge in [-0.3, -0.25) is 4.79 Å². The molecule has 1 aromatic carbocycles. The maximum absolute atomic E-state index is 12.1. The average Bonchev–Trinajstić information content (AvgIpc) is 2.54. The van der Waals surface area contributed by atoms with Crippen LogP contribution in [0.2, 0.25) is 0 Å². The van der Waals surface area contributed by atoms with Gasteiger partial charge in [0.15, 0.2) is 12.4 Å². The van der Waals surface area contributed by atoms with Crippen LogP contribution in [0.3, 0.4) is 0 Å². The molecule has 21 heavy (non-hydrogen) atoms. The zero-order valence-corrected chi connectivity index (χ0v) is 12.8. The lowest BCUT2D eigenvalue weighted by molar-refractivity contribution is -0.683. The number of rotatable bonds is 8. The standard InChI is InChI=1S/C19H24NO/c1-2-3-4-6-9-17-12-14-20(15-13-17)16-19(21)18-10-7-5-8-11-18/h5,7-8,10-15H,2-4,6,9,16H2,1H3/q+1. The van der Waals surface area contributed by atoms with Crippen molar-refractivity contribution < 1.29 is 9.36 Å². The van der Waals surface area contributed by atoms with Gasteiger partial charge in [-0.15, -0.1) is 0 Å². The summed E-state index contributed by atoms with van der Waals surface area (Å²) >= 11 is 0. The third kappa shape index (κ3) is 5.14. The molecule has 1 heterocycles. The van der Waals surface area contributed by atoms with Gasteiger partial charge in [0.1, 0.15) is 0 Å². The summed E-state index contributed by atoms with van der Waals surface area (Å²) in [5.41, 5.74) is 2.13. The SMILES string of the molecule is CCCCCCc1cc[n+](CC(=O)c2ccccc2)cc1. The summed E-state index contributed by atoms with van der Waals surface area (Å²) in [6.45, 7) is 2.63. The number of carbonyl (C=O) groups is 1. The van der Waals surface area contributed by atoms with Crippen molar-refractivity contribution in [3.63, 3.8) is 0 Å². The number of benzene rings is 1. The molecule has 0 amide bonds. The first-order chi connectivity index (χ1) is 10.3. The van der Waals surface area contributed by atoms with Crippen molar-refractivity contribution in [2.75, 3.05) is 0 Å². The van der Waals surface area contributed by atoms with Crippen molar-refractivity contribution in [2.24, 2.45) is 0 Å². The molecule has 0 aliphatic rings. The highest BCUT2D eigenvalue weighted by Gasteiger charge is 2.11. The number of aryl methyl sites for hydroxylation is 1. The van der Waals surface area contributed by atoms with Crippen LogP contribution in [0.4, 0.5) is 0 Å². The molecule has 0 aliphatic carbocycles. The van der Waals surface area contributed by atoms with Crippen LogP contribution in [-0.2, 0) is 13.0 Å². The van der Waals surface area contributed by atoms with Crippen molar-refractivity contribution in [1.29, 1.82) is 0 Å². The lowest BCUT2D eigenvalue weighted by atomic mass is 10.1. The van der Waals surface area contributed by atoms with Crippen molar-refractivity contribution in [1.82, 2.24) is 0 Å². The van der Waals surface area contributed by atoms with E-state index >= 15 is 0 Å². The van der Waals surface area contributed by atoms with Crippen LogP contribution in [0.15, 0.2) is 54.9 Å². The van der Waals surface area contributed by atoms with E-state index in [1.807, 2.05) is 47.3 Å². The summed E-state index contributed by atoms with van der Waals surface area (Å²) in [5, 5.41) is 0. The number of unbranched alkanes of at least 4 members (excludes halogenated alkanes) is 3. The van der Waals surface area contributed by atoms with Gasteiger partial charge >= 0.3 is 0 Å². The minimum absolute atomic E-state index is 0.149. The normalized spacial score (nSPS) is 10.5. The van der Waals surface area contributed by atoms with Gasteiger partial charge < -0.3 is 0 Å². The quantitative estimate of drug-likeness (QED) is 0.407. The number of hydrogen-bond acceptors (Lipinski definition) is 1. The molecule has 2 heteroatoms. The largest absolute Gasteiger partial charge is 0.287 e. The van der Waals surface area contributed by atoms with Crippen LogP contribution in [-0.4, -0.2) is 5.78 Å². The summed E-state index contributed by atoms with van der Waals surface area (Å²) in [5.74, 6) is 0.149. The number of nitrogens with zero attached hydrogens (tertiary/aromatic N) is 1. The molecular formula is C19H24NO+. The van der Waals surface area contributed by atoms with Gasteiger partial charge in [0.25, 0.3) is 0 Å². The lowest BCUT2D eigenvalue weighted by Gasteiger charge is -2.01. The molecule has 2 aromatic rings. The minimum atomic E-state index is 0.149. The number of pyridine rings is 1. The Hall–Kier alpha value is -1.96. The summed E-state index contributed by atoms with van der Waals surface area (Å²) in [7, 11) is 0. The van der Waals surface area contributed by atoms with Crippen LogP contribution in [0, 0.1) is 0 Å². The molecule has 0 aliphatic heterocycles. The number of hydrogen-bond donors (Lipinski definition) is 0. The van der Waals surface area contributed by atoms with Crippen molar-refractivity contribution >= 4 is 5.78 Å². The Bertz CT molecular complexity index is 546. The molecule has 1 aromatic heterocycles. The zero-order valence-electron chi connectivity index (χ0n) is 12.8. The van der Waals surface area contributed by atoms with E-state index in [0.717, 1.165) is 12.0 Å². The van der Waals surface area contributed by atoms with E-state index in [2.05, 4.69) is 19.1 Å². The Morgan fingerprint density at radius 1 is 0.952 bits per heavy atom. The summed E-state index contributed by atoms with van der Waals surface area (Å²) < 4.78 is 1.95. The highest BCUT2D eigenvalue weighted by atomic mass is 16.1. The molecule has 0 fully saturated rings. The Labute approximate surface area is 127 Å². The second-order valence-corrected chi connectivity index (χ2v) is 5.48. The van der Waals surface area contributed by atoms with E-state index in [-0.39, 0.29) is 5.78 Å². The minimum Gasteiger partial charge on any atom is -0.287 e. The highest BCUT2D eigenvalue weighted by molar-refractivity contribution is 5.94. The highest BCUT2D eigenvalue weighted by Crippen LogP contribution is 2.06. The fourth-order valence-corrected chi connectivity index (χ4v) is 2.40. The fourth-order valence-electron chi connectivity index (χ4n) is 2.40. The lowest BCUT2D eigenvalue weighted by Crippen LogP contribution is -2.37. The Morgan fingerprint density at radius 2 is 1.67 bits per heavy atom. The molecule has 2 rings (SSSR count). The number of carbonyl (C=O) groups excluding carboxylic acids is 1. The van der Waals surface area contributed by atoms with Crippen molar-refractivity contribution in [3.05, 3.63) is 66.0 Å². The Morgan fingerprint density at radius 3 is 2.33 bits per heavy atom. The molecule has 0 atom stereocenters. The maximum atomic E-state index is 12.1. The zero-order chi connectivity index (χ0) is 14.9. The van der Waals surface area contributed by atoms with Crippen LogP contribution in [0.1, 0.15) is 48.5 Å². The predicted octanol–water partition coefficient (Wildman–Crippen LogP) is 3.98. The van der Waals surface area contributed by atoms with Crippen molar-refractivity contribution in [3.8, 4) is 0 Å². The van der Waals surface area contributed by atoms with Gasteiger partial charge in [0.2, 0.25) is 12.3 Å². The molecular weight excluding hydrogens is 258 g/mol. The van der Waals surface area contributed by atoms with Crippen LogP contribution < -0.4 is 4.57 Å². The maximum Gasteiger partial charge on any atom is 0.227 e. The van der Waals surface area contributed by atoms with E-state index in [0.29, 0.717) is 6.54 Å². The first kappa shape index (κ1) is 15.4. The van der Waals surface area contributed by atoms with Gasteiger partial charge in [-0.1, -0.05) is 56.5 Å². The van der Waals surface area contributed by atoms with Crippen LogP contribution >= 0.6 is 0 Å². The molecule has 2 nitrogen and oxygen atoms in total. The summed E-state index contributed by atoms with van der Waals surface area (Å²) in [6, 6.07) is 13.7. The summed E-state index contributed by atoms with van der Waals surface area (Å²) in [4.78, 5) is 12.1. The first-order valence-electron chi connectivity index (χ1n) is 7.86. The predicted molar refractivity (Wildman–Crippen MR) is 85.3 cm³/mol. The Kier molecular flexibility index (Phi) is 6.14. The monoisotopic (exact) mass is 282 g/mol. The third-order valence-electron chi connectivity index (χ3n) is 3.70. The van der Waals surface area contributed by atoms with Crippen LogP contribution in [0.5, 0.6) is 0 Å². The molecule has 0 unspecified atom stereocenters. The first-order valence-corrected chi connectivity index (χ1v) is 7.86. The molecule has 0 saturated carbocycles. The van der Waals surface area contributed by atoms with Gasteiger partial charge in [0.05, 0.1) is 0 Å². The smallest absolute Gasteiger partial charge is 0.227 e. The topological polar surface area (TPSA) is 20.9 Å². The number of ketones is 1. The van der Waals surface area contributed by atoms with E-state index < -0.39 is 0 Å². The van der Waals surface area contributed by atoms with E-state index in [4.69, 9.17) is 0 Å². The number of Topliss-reactive ketones (excluding diaryl/α,β-unsaturated/α-hetero) is 1. The summed E-state index contributed by atoms with van der Waals surface area (Å²) in [6.07, 6.45) is 10.3.